The van der Waals surface area contributed by atoms with Crippen LogP contribution in [0.3, 0.4) is 0 Å². The zero-order chi connectivity index (χ0) is 15.4. The second kappa shape index (κ2) is 6.85. The van der Waals surface area contributed by atoms with E-state index in [2.05, 4.69) is 36.2 Å². The lowest BCUT2D eigenvalue weighted by atomic mass is 10.1. The van der Waals surface area contributed by atoms with Gasteiger partial charge in [0.15, 0.2) is 0 Å². The average molecular weight is 306 g/mol. The number of nitrogens with one attached hydrogen (secondary N) is 1. The van der Waals surface area contributed by atoms with Crippen LogP contribution in [-0.2, 0) is 26.3 Å². The largest absolute Gasteiger partial charge is 0.305 e. The highest BCUT2D eigenvalue weighted by molar-refractivity contribution is 7.09. The van der Waals surface area contributed by atoms with Crippen molar-refractivity contribution in [2.75, 3.05) is 5.32 Å². The molecule has 0 fully saturated rings. The fraction of sp³-hybridized carbons (Fsp3) is 0.533. The van der Waals surface area contributed by atoms with Crippen LogP contribution in [0.5, 0.6) is 0 Å². The number of aryl methyl sites for hydroxylation is 3. The van der Waals surface area contributed by atoms with Gasteiger partial charge in [-0.3, -0.25) is 9.48 Å². The van der Waals surface area contributed by atoms with Crippen molar-refractivity contribution in [1.82, 2.24) is 14.8 Å². The van der Waals surface area contributed by atoms with E-state index in [1.807, 2.05) is 12.4 Å². The summed E-state index contributed by atoms with van der Waals surface area (Å²) in [4.78, 5) is 16.7. The summed E-state index contributed by atoms with van der Waals surface area (Å²) in [5, 5.41) is 10.3. The van der Waals surface area contributed by atoms with Crippen LogP contribution in [0.1, 0.15) is 53.9 Å². The molecule has 0 bridgehead atoms. The third-order valence-electron chi connectivity index (χ3n) is 3.40. The Labute approximate surface area is 129 Å². The maximum atomic E-state index is 12.3. The van der Waals surface area contributed by atoms with Gasteiger partial charge in [0.05, 0.1) is 10.7 Å². The molecule has 114 valence electrons. The van der Waals surface area contributed by atoms with E-state index in [0.717, 1.165) is 47.8 Å². The molecule has 6 heteroatoms. The van der Waals surface area contributed by atoms with Crippen molar-refractivity contribution in [3.05, 3.63) is 27.3 Å². The molecule has 1 amide bonds. The van der Waals surface area contributed by atoms with E-state index in [9.17, 15) is 4.79 Å². The first-order chi connectivity index (χ1) is 10.1. The maximum absolute atomic E-state index is 12.3. The quantitative estimate of drug-likeness (QED) is 0.891. The van der Waals surface area contributed by atoms with Gasteiger partial charge in [0.2, 0.25) is 0 Å². The first-order valence-corrected chi connectivity index (χ1v) is 8.29. The summed E-state index contributed by atoms with van der Waals surface area (Å²) in [5.74, 6) is 0.623. The molecule has 2 heterocycles. The van der Waals surface area contributed by atoms with Gasteiger partial charge in [0, 0.05) is 18.0 Å². The van der Waals surface area contributed by atoms with Gasteiger partial charge >= 0.3 is 0 Å². The standard InChI is InChI=1S/C15H22N4OS/c1-5-8-13-16-12(9-21-13)15(20)17-14-10(6-2)11(7-3)18-19(14)4/h9H,5-8H2,1-4H3,(H,17,20). The Morgan fingerprint density at radius 2 is 2.10 bits per heavy atom. The number of anilines is 1. The molecule has 0 unspecified atom stereocenters. The zero-order valence-electron chi connectivity index (χ0n) is 13.1. The molecule has 0 aliphatic rings. The summed E-state index contributed by atoms with van der Waals surface area (Å²) in [7, 11) is 1.86. The molecule has 5 nitrogen and oxygen atoms in total. The van der Waals surface area contributed by atoms with Crippen molar-refractivity contribution in [3.8, 4) is 0 Å². The minimum Gasteiger partial charge on any atom is -0.305 e. The molecular weight excluding hydrogens is 284 g/mol. The predicted octanol–water partition coefficient (Wildman–Crippen LogP) is 3.21. The Morgan fingerprint density at radius 3 is 2.71 bits per heavy atom. The van der Waals surface area contributed by atoms with Crippen molar-refractivity contribution >= 4 is 23.1 Å². The molecule has 2 aromatic rings. The minimum absolute atomic E-state index is 0.158. The summed E-state index contributed by atoms with van der Waals surface area (Å²) in [6.45, 7) is 6.26. The van der Waals surface area contributed by atoms with Gasteiger partial charge in [-0.2, -0.15) is 5.10 Å². The van der Waals surface area contributed by atoms with Gasteiger partial charge in [-0.05, 0) is 25.7 Å². The number of carbonyl (C=O) groups excluding carboxylic acids is 1. The molecule has 0 radical (unpaired) electrons. The van der Waals surface area contributed by atoms with Gasteiger partial charge < -0.3 is 5.32 Å². The summed E-state index contributed by atoms with van der Waals surface area (Å²) in [6.07, 6.45) is 3.68. The summed E-state index contributed by atoms with van der Waals surface area (Å²) < 4.78 is 1.74. The van der Waals surface area contributed by atoms with E-state index in [1.54, 1.807) is 16.0 Å². The number of hydrogen-bond acceptors (Lipinski definition) is 4. The van der Waals surface area contributed by atoms with Crippen LogP contribution < -0.4 is 5.32 Å². The number of carbonyl (C=O) groups is 1. The SMILES string of the molecule is CCCc1nc(C(=O)Nc2c(CC)c(CC)nn2C)cs1. The molecule has 0 saturated heterocycles. The normalized spacial score (nSPS) is 10.9. The first-order valence-electron chi connectivity index (χ1n) is 7.41. The second-order valence-corrected chi connectivity index (χ2v) is 5.88. The first kappa shape index (κ1) is 15.7. The van der Waals surface area contributed by atoms with Crippen LogP contribution in [-0.4, -0.2) is 20.7 Å². The van der Waals surface area contributed by atoms with Crippen molar-refractivity contribution in [2.45, 2.75) is 46.5 Å². The molecular formula is C15H22N4OS. The lowest BCUT2D eigenvalue weighted by Crippen LogP contribution is -2.16. The van der Waals surface area contributed by atoms with Gasteiger partial charge in [0.1, 0.15) is 11.5 Å². The second-order valence-electron chi connectivity index (χ2n) is 4.94. The number of rotatable bonds is 6. The zero-order valence-corrected chi connectivity index (χ0v) is 13.9. The Hall–Kier alpha value is -1.69. The smallest absolute Gasteiger partial charge is 0.276 e. The summed E-state index contributed by atoms with van der Waals surface area (Å²) in [6, 6.07) is 0. The molecule has 0 atom stereocenters. The summed E-state index contributed by atoms with van der Waals surface area (Å²) >= 11 is 1.54. The highest BCUT2D eigenvalue weighted by Gasteiger charge is 2.18. The summed E-state index contributed by atoms with van der Waals surface area (Å²) in [5.41, 5.74) is 2.64. The van der Waals surface area contributed by atoms with Crippen molar-refractivity contribution in [2.24, 2.45) is 7.05 Å². The van der Waals surface area contributed by atoms with Gasteiger partial charge in [-0.25, -0.2) is 4.98 Å². The van der Waals surface area contributed by atoms with Crippen LogP contribution in [0.4, 0.5) is 5.82 Å². The number of amides is 1. The van der Waals surface area contributed by atoms with E-state index in [1.165, 1.54) is 0 Å². The van der Waals surface area contributed by atoms with Crippen molar-refractivity contribution < 1.29 is 4.79 Å². The van der Waals surface area contributed by atoms with E-state index in [-0.39, 0.29) is 5.91 Å². The maximum Gasteiger partial charge on any atom is 0.276 e. The molecule has 0 spiro atoms. The van der Waals surface area contributed by atoms with Gasteiger partial charge in [-0.15, -0.1) is 11.3 Å². The monoisotopic (exact) mass is 306 g/mol. The number of nitrogens with zero attached hydrogens (tertiary/aromatic N) is 3. The number of aromatic nitrogens is 3. The average Bonchev–Trinajstić information content (AvgIpc) is 3.05. The lowest BCUT2D eigenvalue weighted by Gasteiger charge is -2.06. The highest BCUT2D eigenvalue weighted by Crippen LogP contribution is 2.21. The van der Waals surface area contributed by atoms with Crippen LogP contribution in [0.25, 0.3) is 0 Å². The van der Waals surface area contributed by atoms with E-state index in [4.69, 9.17) is 0 Å². The van der Waals surface area contributed by atoms with Crippen molar-refractivity contribution in [1.29, 1.82) is 0 Å². The van der Waals surface area contributed by atoms with E-state index >= 15 is 0 Å². The predicted molar refractivity (Wildman–Crippen MR) is 86.0 cm³/mol. The fourth-order valence-corrected chi connectivity index (χ4v) is 3.23. The molecule has 2 rings (SSSR count). The van der Waals surface area contributed by atoms with Crippen LogP contribution in [0.15, 0.2) is 5.38 Å². The van der Waals surface area contributed by atoms with Crippen LogP contribution in [0.2, 0.25) is 0 Å². The van der Waals surface area contributed by atoms with Crippen LogP contribution in [0, 0.1) is 0 Å². The van der Waals surface area contributed by atoms with Gasteiger partial charge in [-0.1, -0.05) is 20.8 Å². The van der Waals surface area contributed by atoms with E-state index < -0.39 is 0 Å². The Morgan fingerprint density at radius 1 is 1.33 bits per heavy atom. The number of hydrogen-bond donors (Lipinski definition) is 1. The van der Waals surface area contributed by atoms with Crippen LogP contribution >= 0.6 is 11.3 Å². The molecule has 21 heavy (non-hydrogen) atoms. The lowest BCUT2D eigenvalue weighted by molar-refractivity contribution is 0.102. The molecule has 1 N–H and O–H groups in total. The number of thiazole rings is 1. The molecule has 0 aliphatic carbocycles. The fourth-order valence-electron chi connectivity index (χ4n) is 2.35. The third-order valence-corrected chi connectivity index (χ3v) is 4.31. The molecule has 0 aliphatic heterocycles. The van der Waals surface area contributed by atoms with E-state index in [0.29, 0.717) is 5.69 Å². The Balaban J connectivity index is 2.20. The topological polar surface area (TPSA) is 59.8 Å². The Bertz CT molecular complexity index is 630. The van der Waals surface area contributed by atoms with Crippen molar-refractivity contribution in [3.63, 3.8) is 0 Å². The van der Waals surface area contributed by atoms with Gasteiger partial charge in [0.25, 0.3) is 5.91 Å². The molecule has 0 saturated carbocycles. The molecule has 2 aromatic heterocycles. The Kier molecular flexibility index (Phi) is 5.12. The molecule has 0 aromatic carbocycles. The highest BCUT2D eigenvalue weighted by atomic mass is 32.1. The third kappa shape index (κ3) is 3.32. The minimum atomic E-state index is -0.158.